The largest absolute Gasteiger partial charge is 0.463 e. The first kappa shape index (κ1) is 15.7. The summed E-state index contributed by atoms with van der Waals surface area (Å²) in [5.41, 5.74) is 1.51. The van der Waals surface area contributed by atoms with E-state index in [2.05, 4.69) is 26.3 Å². The van der Waals surface area contributed by atoms with Crippen LogP contribution in [0, 0.1) is 0 Å². The van der Waals surface area contributed by atoms with Crippen LogP contribution >= 0.6 is 15.9 Å². The Balaban J connectivity index is 1.77. The zero-order valence-corrected chi connectivity index (χ0v) is 14.1. The number of hydrogen-bond acceptors (Lipinski definition) is 3. The molecule has 0 radical (unpaired) electrons. The molecule has 1 aromatic carbocycles. The van der Waals surface area contributed by atoms with E-state index in [-0.39, 0.29) is 23.6 Å². The lowest BCUT2D eigenvalue weighted by molar-refractivity contribution is -0.117. The molecule has 1 amide bonds. The van der Waals surface area contributed by atoms with E-state index in [0.29, 0.717) is 5.69 Å². The normalized spacial score (nSPS) is 15.2. The van der Waals surface area contributed by atoms with Gasteiger partial charge in [-0.3, -0.25) is 4.79 Å². The van der Waals surface area contributed by atoms with Crippen molar-refractivity contribution in [1.82, 2.24) is 9.78 Å². The van der Waals surface area contributed by atoms with Crippen LogP contribution in [0.3, 0.4) is 0 Å². The van der Waals surface area contributed by atoms with Crippen molar-refractivity contribution >= 4 is 33.7 Å². The van der Waals surface area contributed by atoms with Gasteiger partial charge in [0, 0.05) is 16.5 Å². The van der Waals surface area contributed by atoms with Gasteiger partial charge in [0.25, 0.3) is 0 Å². The molecule has 1 aliphatic rings. The maximum atomic E-state index is 12.4. The summed E-state index contributed by atoms with van der Waals surface area (Å²) in [6.45, 7) is 1.80. The second-order valence-corrected chi connectivity index (χ2v) is 6.60. The number of amides is 1. The van der Waals surface area contributed by atoms with E-state index in [1.165, 1.54) is 0 Å². The van der Waals surface area contributed by atoms with E-state index in [9.17, 15) is 14.7 Å². The number of nitrogens with one attached hydrogen (secondary N) is 1. The molecule has 1 unspecified atom stereocenters. The SMILES string of the molecule is CC(C(=O)Nc1cc(C2CC2)n(C(=O)O)n1)c1cccc(Br)c1. The minimum absolute atomic E-state index is 0.222. The molecule has 1 saturated carbocycles. The van der Waals surface area contributed by atoms with Gasteiger partial charge in [-0.15, -0.1) is 5.10 Å². The van der Waals surface area contributed by atoms with Crippen LogP contribution in [0.25, 0.3) is 0 Å². The lowest BCUT2D eigenvalue weighted by Crippen LogP contribution is -2.19. The second kappa shape index (κ2) is 6.16. The average Bonchev–Trinajstić information content (AvgIpc) is 3.27. The third-order valence-corrected chi connectivity index (χ3v) is 4.40. The number of benzene rings is 1. The van der Waals surface area contributed by atoms with Crippen molar-refractivity contribution in [2.24, 2.45) is 0 Å². The Morgan fingerprint density at radius 1 is 1.39 bits per heavy atom. The molecule has 1 aromatic heterocycles. The number of carboxylic acid groups (broad SMARTS) is 1. The van der Waals surface area contributed by atoms with Crippen molar-refractivity contribution in [3.8, 4) is 0 Å². The van der Waals surface area contributed by atoms with Crippen LogP contribution in [0.15, 0.2) is 34.8 Å². The molecule has 1 fully saturated rings. The van der Waals surface area contributed by atoms with Crippen molar-refractivity contribution < 1.29 is 14.7 Å². The van der Waals surface area contributed by atoms with Gasteiger partial charge < -0.3 is 10.4 Å². The van der Waals surface area contributed by atoms with E-state index in [1.807, 2.05) is 24.3 Å². The molecule has 0 saturated heterocycles. The maximum Gasteiger partial charge on any atom is 0.432 e. The van der Waals surface area contributed by atoms with Crippen LogP contribution in [-0.4, -0.2) is 26.9 Å². The van der Waals surface area contributed by atoms with Crippen molar-refractivity contribution in [3.63, 3.8) is 0 Å². The fourth-order valence-electron chi connectivity index (χ4n) is 2.44. The Bertz CT molecular complexity index is 768. The van der Waals surface area contributed by atoms with Crippen molar-refractivity contribution in [1.29, 1.82) is 0 Å². The summed E-state index contributed by atoms with van der Waals surface area (Å²) in [6, 6.07) is 9.17. The van der Waals surface area contributed by atoms with Crippen LogP contribution in [0.5, 0.6) is 0 Å². The smallest absolute Gasteiger partial charge is 0.432 e. The summed E-state index contributed by atoms with van der Waals surface area (Å²) in [5.74, 6) is -0.0831. The molecule has 1 atom stereocenters. The first-order valence-corrected chi connectivity index (χ1v) is 8.14. The molecule has 7 heteroatoms. The van der Waals surface area contributed by atoms with Gasteiger partial charge in [0.1, 0.15) is 0 Å². The number of carbonyl (C=O) groups excluding carboxylic acids is 1. The first-order chi connectivity index (χ1) is 11.0. The quantitative estimate of drug-likeness (QED) is 0.848. The Hall–Kier alpha value is -2.15. The molecule has 3 rings (SSSR count). The maximum absolute atomic E-state index is 12.4. The zero-order valence-electron chi connectivity index (χ0n) is 12.5. The Labute approximate surface area is 141 Å². The third-order valence-electron chi connectivity index (χ3n) is 3.91. The monoisotopic (exact) mass is 377 g/mol. The Kier molecular flexibility index (Phi) is 4.21. The molecule has 0 bridgehead atoms. The van der Waals surface area contributed by atoms with Crippen LogP contribution in [-0.2, 0) is 4.79 Å². The summed E-state index contributed by atoms with van der Waals surface area (Å²) >= 11 is 3.39. The fraction of sp³-hybridized carbons (Fsp3) is 0.312. The van der Waals surface area contributed by atoms with E-state index in [0.717, 1.165) is 27.6 Å². The van der Waals surface area contributed by atoms with E-state index in [1.54, 1.807) is 13.0 Å². The third kappa shape index (κ3) is 3.44. The summed E-state index contributed by atoms with van der Waals surface area (Å²) in [7, 11) is 0. The predicted molar refractivity (Wildman–Crippen MR) is 88.8 cm³/mol. The van der Waals surface area contributed by atoms with Crippen LogP contribution in [0.2, 0.25) is 0 Å². The molecule has 2 N–H and O–H groups in total. The molecule has 1 heterocycles. The molecule has 120 valence electrons. The van der Waals surface area contributed by atoms with Gasteiger partial charge in [-0.2, -0.15) is 4.68 Å². The molecule has 0 aliphatic heterocycles. The van der Waals surface area contributed by atoms with Crippen molar-refractivity contribution in [3.05, 3.63) is 46.1 Å². The molecule has 2 aromatic rings. The van der Waals surface area contributed by atoms with Gasteiger partial charge in [0.2, 0.25) is 5.91 Å². The minimum atomic E-state index is -1.13. The van der Waals surface area contributed by atoms with Crippen LogP contribution in [0.1, 0.15) is 42.9 Å². The first-order valence-electron chi connectivity index (χ1n) is 7.35. The topological polar surface area (TPSA) is 84.2 Å². The van der Waals surface area contributed by atoms with Gasteiger partial charge in [-0.1, -0.05) is 28.1 Å². The van der Waals surface area contributed by atoms with Gasteiger partial charge in [-0.05, 0) is 37.5 Å². The molecule has 6 nitrogen and oxygen atoms in total. The lowest BCUT2D eigenvalue weighted by atomic mass is 10.0. The highest BCUT2D eigenvalue weighted by Gasteiger charge is 2.30. The number of hydrogen-bond donors (Lipinski definition) is 2. The van der Waals surface area contributed by atoms with Crippen LogP contribution < -0.4 is 5.32 Å². The van der Waals surface area contributed by atoms with Crippen LogP contribution in [0.4, 0.5) is 10.6 Å². The number of aromatic nitrogens is 2. The van der Waals surface area contributed by atoms with E-state index >= 15 is 0 Å². The van der Waals surface area contributed by atoms with Gasteiger partial charge in [-0.25, -0.2) is 4.79 Å². The minimum Gasteiger partial charge on any atom is -0.463 e. The molecule has 0 spiro atoms. The Morgan fingerprint density at radius 3 is 2.74 bits per heavy atom. The fourth-order valence-corrected chi connectivity index (χ4v) is 2.86. The summed E-state index contributed by atoms with van der Waals surface area (Å²) in [5, 5.41) is 15.9. The van der Waals surface area contributed by atoms with Gasteiger partial charge >= 0.3 is 6.09 Å². The molecule has 1 aliphatic carbocycles. The van der Waals surface area contributed by atoms with E-state index < -0.39 is 6.09 Å². The number of carbonyl (C=O) groups is 2. The van der Waals surface area contributed by atoms with E-state index in [4.69, 9.17) is 0 Å². The van der Waals surface area contributed by atoms with Gasteiger partial charge in [0.15, 0.2) is 5.82 Å². The summed E-state index contributed by atoms with van der Waals surface area (Å²) in [4.78, 5) is 23.6. The highest BCUT2D eigenvalue weighted by atomic mass is 79.9. The highest BCUT2D eigenvalue weighted by Crippen LogP contribution is 2.40. The predicted octanol–water partition coefficient (Wildman–Crippen LogP) is 3.79. The summed E-state index contributed by atoms with van der Waals surface area (Å²) in [6.07, 6.45) is 0.786. The summed E-state index contributed by atoms with van der Waals surface area (Å²) < 4.78 is 1.86. The molecular formula is C16H16BrN3O3. The van der Waals surface area contributed by atoms with Gasteiger partial charge in [0.05, 0.1) is 11.6 Å². The molecular weight excluding hydrogens is 362 g/mol. The van der Waals surface area contributed by atoms with Crippen molar-refractivity contribution in [2.45, 2.75) is 31.6 Å². The average molecular weight is 378 g/mol. The highest BCUT2D eigenvalue weighted by molar-refractivity contribution is 9.10. The Morgan fingerprint density at radius 2 is 2.13 bits per heavy atom. The second-order valence-electron chi connectivity index (χ2n) is 5.69. The number of rotatable bonds is 4. The number of nitrogens with zero attached hydrogens (tertiary/aromatic N) is 2. The zero-order chi connectivity index (χ0) is 16.6. The standard InChI is InChI=1S/C16H16BrN3O3/c1-9(11-3-2-4-12(17)7-11)15(21)18-14-8-13(10-5-6-10)20(19-14)16(22)23/h2-4,7-10H,5-6H2,1H3,(H,22,23)(H,18,19,21). The number of anilines is 1. The van der Waals surface area contributed by atoms with Crippen molar-refractivity contribution in [2.75, 3.05) is 5.32 Å². The number of halogens is 1. The molecule has 23 heavy (non-hydrogen) atoms. The lowest BCUT2D eigenvalue weighted by Gasteiger charge is -2.11.